The molecule has 0 aliphatic carbocycles. The van der Waals surface area contributed by atoms with Crippen LogP contribution in [0.15, 0.2) is 23.2 Å². The molecule has 0 bridgehead atoms. The molecule has 5 nitrogen and oxygen atoms in total. The fourth-order valence-corrected chi connectivity index (χ4v) is 6.22. The average molecular weight is 564 g/mol. The van der Waals surface area contributed by atoms with E-state index >= 15 is 0 Å². The van der Waals surface area contributed by atoms with Gasteiger partial charge in [0.1, 0.15) is 5.75 Å². The van der Waals surface area contributed by atoms with E-state index in [1.54, 1.807) is 33.8 Å². The van der Waals surface area contributed by atoms with Gasteiger partial charge in [0.2, 0.25) is 0 Å². The van der Waals surface area contributed by atoms with Crippen molar-refractivity contribution in [2.75, 3.05) is 6.61 Å². The van der Waals surface area contributed by atoms with E-state index in [4.69, 9.17) is 18.0 Å². The van der Waals surface area contributed by atoms with Gasteiger partial charge in [-0.15, -0.1) is 0 Å². The van der Waals surface area contributed by atoms with E-state index in [0.29, 0.717) is 12.4 Å². The molecule has 190 valence electrons. The highest BCUT2D eigenvalue weighted by Crippen LogP contribution is 2.54. The molecule has 0 saturated heterocycles. The number of hydrogen-bond donors (Lipinski definition) is 0. The van der Waals surface area contributed by atoms with Crippen molar-refractivity contribution in [3.63, 3.8) is 0 Å². The normalized spacial score (nSPS) is 13.6. The maximum absolute atomic E-state index is 13.5. The monoisotopic (exact) mass is 562 g/mol. The van der Waals surface area contributed by atoms with E-state index in [1.165, 1.54) is 0 Å². The summed E-state index contributed by atoms with van der Waals surface area (Å²) in [4.78, 5) is 0. The highest BCUT2D eigenvalue weighted by molar-refractivity contribution is 9.10. The van der Waals surface area contributed by atoms with Gasteiger partial charge in [-0.05, 0) is 75.4 Å². The van der Waals surface area contributed by atoms with Gasteiger partial charge in [0.05, 0.1) is 12.2 Å². The summed E-state index contributed by atoms with van der Waals surface area (Å²) in [6, 6.07) is 3.81. The zero-order valence-corrected chi connectivity index (χ0v) is 25.9. The molecule has 0 fully saturated rings. The number of benzene rings is 1. The molecule has 0 N–H and O–H groups in total. The minimum atomic E-state index is -3.85. The van der Waals surface area contributed by atoms with E-state index < -0.39 is 16.1 Å². The Bertz CT molecular complexity index is 845. The topological polar surface area (TPSA) is 54.0 Å². The van der Waals surface area contributed by atoms with Crippen LogP contribution in [0.3, 0.4) is 0 Å². The van der Waals surface area contributed by atoms with Crippen molar-refractivity contribution in [2.45, 2.75) is 104 Å². The van der Waals surface area contributed by atoms with Crippen LogP contribution in [0, 0.1) is 0 Å². The lowest BCUT2D eigenvalue weighted by Crippen LogP contribution is -2.41. The molecule has 1 aromatic carbocycles. The fourth-order valence-electron chi connectivity index (χ4n) is 3.17. The first-order valence-electron chi connectivity index (χ1n) is 11.6. The lowest BCUT2D eigenvalue weighted by molar-refractivity contribution is 0.103. The fraction of sp³-hybridized carbons (Fsp3) is 0.680. The smallest absolute Gasteiger partial charge is 0.417 e. The molecule has 0 aliphatic heterocycles. The highest BCUT2D eigenvalue weighted by atomic mass is 79.9. The predicted octanol–water partition coefficient (Wildman–Crippen LogP) is 9.12. The Morgan fingerprint density at radius 2 is 1.58 bits per heavy atom. The van der Waals surface area contributed by atoms with E-state index in [1.807, 2.05) is 12.1 Å². The molecule has 0 radical (unpaired) electrons. The van der Waals surface area contributed by atoms with Crippen LogP contribution in [0.1, 0.15) is 79.9 Å². The maximum Gasteiger partial charge on any atom is 0.530 e. The average Bonchev–Trinajstić information content (AvgIpc) is 2.57. The lowest BCUT2D eigenvalue weighted by atomic mass is 9.78. The SMILES string of the molecule is C=Cc1cc(Br)cc(OP(=O)(OC(C)C)OC(C)C)c1C(C)(C)CCO[Si](C)(C)C(C)(C)C. The second-order valence-corrected chi connectivity index (χ2v) is 18.4. The molecule has 0 amide bonds. The van der Waals surface area contributed by atoms with Gasteiger partial charge in [0.25, 0.3) is 0 Å². The Hall–Kier alpha value is -0.433. The summed E-state index contributed by atoms with van der Waals surface area (Å²) in [5.41, 5.74) is 1.46. The number of rotatable bonds is 12. The molecule has 0 aliphatic rings. The Balaban J connectivity index is 3.39. The third-order valence-corrected chi connectivity index (χ3v) is 12.7. The first-order chi connectivity index (χ1) is 14.8. The van der Waals surface area contributed by atoms with Crippen LogP contribution < -0.4 is 4.52 Å². The first kappa shape index (κ1) is 30.6. The molecule has 0 heterocycles. The molecular weight excluding hydrogens is 519 g/mol. The number of phosphoric acid groups is 1. The minimum absolute atomic E-state index is 0.143. The summed E-state index contributed by atoms with van der Waals surface area (Å²) in [7, 11) is -5.72. The molecule has 1 rings (SSSR count). The summed E-state index contributed by atoms with van der Waals surface area (Å²) < 4.78 is 38.1. The Morgan fingerprint density at radius 1 is 1.06 bits per heavy atom. The van der Waals surface area contributed by atoms with E-state index in [-0.39, 0.29) is 22.7 Å². The van der Waals surface area contributed by atoms with Crippen molar-refractivity contribution in [1.29, 1.82) is 0 Å². The number of phosphoric ester groups is 1. The van der Waals surface area contributed by atoms with Crippen LogP contribution in [0.4, 0.5) is 0 Å². The van der Waals surface area contributed by atoms with Gasteiger partial charge < -0.3 is 8.95 Å². The minimum Gasteiger partial charge on any atom is -0.417 e. The standard InChI is InChI=1S/C25H44BrO5PSi/c1-13-20-16-21(26)17-22(31-32(27,29-18(2)3)30-19(4)5)23(20)25(9,10)14-15-28-33(11,12)24(6,7)8/h13,16-19H,1,14-15H2,2-12H3. The second-order valence-electron chi connectivity index (χ2n) is 11.2. The van der Waals surface area contributed by atoms with Gasteiger partial charge in [0, 0.05) is 16.6 Å². The van der Waals surface area contributed by atoms with Crippen LogP contribution >= 0.6 is 23.8 Å². The van der Waals surface area contributed by atoms with Crippen molar-refractivity contribution in [2.24, 2.45) is 0 Å². The Kier molecular flexibility index (Phi) is 10.7. The van der Waals surface area contributed by atoms with Crippen molar-refractivity contribution < 1.29 is 22.6 Å². The van der Waals surface area contributed by atoms with Crippen molar-refractivity contribution in [1.82, 2.24) is 0 Å². The number of hydrogen-bond acceptors (Lipinski definition) is 5. The number of halogens is 1. The van der Waals surface area contributed by atoms with Crippen molar-refractivity contribution in [3.05, 3.63) is 34.3 Å². The predicted molar refractivity (Wildman–Crippen MR) is 146 cm³/mol. The molecule has 0 aromatic heterocycles. The molecule has 8 heteroatoms. The summed E-state index contributed by atoms with van der Waals surface area (Å²) in [5, 5.41) is 0.143. The Labute approximate surface area is 211 Å². The van der Waals surface area contributed by atoms with E-state index in [9.17, 15) is 4.57 Å². The Morgan fingerprint density at radius 3 is 2.00 bits per heavy atom. The molecule has 0 unspecified atom stereocenters. The largest absolute Gasteiger partial charge is 0.530 e. The van der Waals surface area contributed by atoms with E-state index in [0.717, 1.165) is 22.0 Å². The lowest BCUT2D eigenvalue weighted by Gasteiger charge is -2.38. The molecule has 1 aromatic rings. The quantitative estimate of drug-likeness (QED) is 0.188. The first-order valence-corrected chi connectivity index (χ1v) is 16.8. The summed E-state index contributed by atoms with van der Waals surface area (Å²) >= 11 is 3.55. The molecule has 0 spiro atoms. The van der Waals surface area contributed by atoms with Gasteiger partial charge in [0.15, 0.2) is 8.32 Å². The van der Waals surface area contributed by atoms with Crippen molar-refractivity contribution >= 4 is 38.1 Å². The van der Waals surface area contributed by atoms with Crippen LogP contribution in [0.5, 0.6) is 5.75 Å². The van der Waals surface area contributed by atoms with E-state index in [2.05, 4.69) is 70.2 Å². The van der Waals surface area contributed by atoms with Crippen LogP contribution in [-0.2, 0) is 23.5 Å². The molecule has 0 saturated carbocycles. The van der Waals surface area contributed by atoms with Gasteiger partial charge >= 0.3 is 7.82 Å². The van der Waals surface area contributed by atoms with Gasteiger partial charge in [-0.3, -0.25) is 9.05 Å². The summed E-state index contributed by atoms with van der Waals surface area (Å²) in [6.07, 6.45) is 1.91. The van der Waals surface area contributed by atoms with Gasteiger partial charge in [-0.1, -0.05) is 63.2 Å². The van der Waals surface area contributed by atoms with Gasteiger partial charge in [-0.25, -0.2) is 4.57 Å². The van der Waals surface area contributed by atoms with Crippen LogP contribution in [0.2, 0.25) is 18.1 Å². The third kappa shape index (κ3) is 8.94. The van der Waals surface area contributed by atoms with Crippen LogP contribution in [-0.4, -0.2) is 27.1 Å². The van der Waals surface area contributed by atoms with Gasteiger partial charge in [-0.2, -0.15) is 0 Å². The van der Waals surface area contributed by atoms with Crippen molar-refractivity contribution in [3.8, 4) is 5.75 Å². The van der Waals surface area contributed by atoms with Crippen LogP contribution in [0.25, 0.3) is 6.08 Å². The zero-order chi connectivity index (χ0) is 25.8. The highest BCUT2D eigenvalue weighted by Gasteiger charge is 2.39. The zero-order valence-electron chi connectivity index (χ0n) is 22.4. The second kappa shape index (κ2) is 11.5. The maximum atomic E-state index is 13.5. The summed E-state index contributed by atoms with van der Waals surface area (Å²) in [6.45, 7) is 27.3. The molecular formula is C25H44BrO5PSi. The molecule has 0 atom stereocenters. The molecule has 33 heavy (non-hydrogen) atoms. The third-order valence-electron chi connectivity index (χ3n) is 5.88. The summed E-state index contributed by atoms with van der Waals surface area (Å²) in [5.74, 6) is 0.459.